The number of hydrogen-bond donors (Lipinski definition) is 2. The van der Waals surface area contributed by atoms with Crippen LogP contribution in [0.25, 0.3) is 0 Å². The molecule has 21 heavy (non-hydrogen) atoms. The summed E-state index contributed by atoms with van der Waals surface area (Å²) in [5, 5.41) is 9.54. The lowest BCUT2D eigenvalue weighted by Gasteiger charge is -2.28. The summed E-state index contributed by atoms with van der Waals surface area (Å²) in [6, 6.07) is 6.25. The van der Waals surface area contributed by atoms with Crippen LogP contribution in [0.5, 0.6) is 0 Å². The number of carboxylic acids is 1. The van der Waals surface area contributed by atoms with Gasteiger partial charge in [-0.05, 0) is 31.0 Å². The van der Waals surface area contributed by atoms with E-state index >= 15 is 0 Å². The molecule has 0 unspecified atom stereocenters. The summed E-state index contributed by atoms with van der Waals surface area (Å²) >= 11 is 3.23. The summed E-state index contributed by atoms with van der Waals surface area (Å²) in [5.74, 6) is -1.09. The van der Waals surface area contributed by atoms with E-state index in [0.29, 0.717) is 30.2 Å². The molecule has 0 heterocycles. The SMILES string of the molecule is O=C(O)C1(NS(=O)(=O)c2cccc(Br)c2)CCCCCC1. The zero-order chi connectivity index (χ0) is 15.5. The average Bonchev–Trinajstić information content (AvgIpc) is 2.65. The lowest BCUT2D eigenvalue weighted by atomic mass is 9.92. The maximum atomic E-state index is 12.5. The van der Waals surface area contributed by atoms with Crippen LogP contribution in [0.15, 0.2) is 33.6 Å². The smallest absolute Gasteiger partial charge is 0.324 e. The van der Waals surface area contributed by atoms with Gasteiger partial charge in [0.05, 0.1) is 4.90 Å². The van der Waals surface area contributed by atoms with Gasteiger partial charge >= 0.3 is 5.97 Å². The first-order valence-corrected chi connectivity index (χ1v) is 9.16. The quantitative estimate of drug-likeness (QED) is 0.792. The number of nitrogens with one attached hydrogen (secondary N) is 1. The molecule has 0 bridgehead atoms. The topological polar surface area (TPSA) is 83.5 Å². The number of hydrogen-bond acceptors (Lipinski definition) is 3. The van der Waals surface area contributed by atoms with Gasteiger partial charge in [-0.25, -0.2) is 8.42 Å². The van der Waals surface area contributed by atoms with Crippen molar-refractivity contribution in [3.63, 3.8) is 0 Å². The van der Waals surface area contributed by atoms with E-state index in [-0.39, 0.29) is 4.90 Å². The Labute approximate surface area is 132 Å². The molecule has 2 N–H and O–H groups in total. The molecular formula is C14H18BrNO4S. The first kappa shape index (κ1) is 16.5. The fourth-order valence-electron chi connectivity index (χ4n) is 2.64. The van der Waals surface area contributed by atoms with Crippen LogP contribution in [-0.2, 0) is 14.8 Å². The van der Waals surface area contributed by atoms with Crippen molar-refractivity contribution < 1.29 is 18.3 Å². The molecule has 0 aromatic heterocycles. The second kappa shape index (κ2) is 6.46. The molecule has 0 aliphatic heterocycles. The van der Waals surface area contributed by atoms with E-state index in [1.807, 2.05) is 0 Å². The van der Waals surface area contributed by atoms with Crippen LogP contribution in [0.2, 0.25) is 0 Å². The Bertz CT molecular complexity index is 622. The Morgan fingerprint density at radius 1 is 1.19 bits per heavy atom. The van der Waals surface area contributed by atoms with Gasteiger partial charge < -0.3 is 5.11 Å². The molecule has 1 aromatic rings. The van der Waals surface area contributed by atoms with Crippen molar-refractivity contribution in [3.05, 3.63) is 28.7 Å². The average molecular weight is 376 g/mol. The van der Waals surface area contributed by atoms with Gasteiger partial charge in [-0.2, -0.15) is 4.72 Å². The van der Waals surface area contributed by atoms with Crippen molar-refractivity contribution in [2.75, 3.05) is 0 Å². The molecule has 1 saturated carbocycles. The van der Waals surface area contributed by atoms with Crippen LogP contribution in [-0.4, -0.2) is 25.0 Å². The van der Waals surface area contributed by atoms with Crippen LogP contribution >= 0.6 is 15.9 Å². The summed E-state index contributed by atoms with van der Waals surface area (Å²) < 4.78 is 28.0. The second-order valence-electron chi connectivity index (χ2n) is 5.36. The Kier molecular flexibility index (Phi) is 5.06. The van der Waals surface area contributed by atoms with Gasteiger partial charge in [0, 0.05) is 4.47 Å². The van der Waals surface area contributed by atoms with Crippen molar-refractivity contribution in [3.8, 4) is 0 Å². The second-order valence-corrected chi connectivity index (χ2v) is 7.96. The number of benzene rings is 1. The molecule has 0 amide bonds. The standard InChI is InChI=1S/C14H18BrNO4S/c15-11-6-5-7-12(10-11)21(19,20)16-14(13(17)18)8-3-1-2-4-9-14/h5-7,10,16H,1-4,8-9H2,(H,17,18). The molecule has 0 saturated heterocycles. The first-order chi connectivity index (χ1) is 9.86. The molecule has 116 valence electrons. The zero-order valence-electron chi connectivity index (χ0n) is 11.5. The highest BCUT2D eigenvalue weighted by Gasteiger charge is 2.42. The maximum Gasteiger partial charge on any atom is 0.324 e. The van der Waals surface area contributed by atoms with Crippen molar-refractivity contribution in [1.29, 1.82) is 0 Å². The molecule has 5 nitrogen and oxygen atoms in total. The van der Waals surface area contributed by atoms with E-state index in [9.17, 15) is 18.3 Å². The number of halogens is 1. The molecule has 0 spiro atoms. The van der Waals surface area contributed by atoms with Crippen LogP contribution in [0.4, 0.5) is 0 Å². The van der Waals surface area contributed by atoms with Crippen molar-refractivity contribution in [1.82, 2.24) is 4.72 Å². The van der Waals surface area contributed by atoms with E-state index in [1.54, 1.807) is 12.1 Å². The molecule has 1 aliphatic rings. The fourth-order valence-corrected chi connectivity index (χ4v) is 4.66. The lowest BCUT2D eigenvalue weighted by molar-refractivity contribution is -0.144. The van der Waals surface area contributed by atoms with Crippen LogP contribution in [0, 0.1) is 0 Å². The third-order valence-electron chi connectivity index (χ3n) is 3.80. The Morgan fingerprint density at radius 2 is 1.81 bits per heavy atom. The summed E-state index contributed by atoms with van der Waals surface area (Å²) in [5.41, 5.74) is -1.39. The lowest BCUT2D eigenvalue weighted by Crippen LogP contribution is -2.54. The minimum Gasteiger partial charge on any atom is -0.480 e. The van der Waals surface area contributed by atoms with Crippen molar-refractivity contribution >= 4 is 31.9 Å². The van der Waals surface area contributed by atoms with Crippen molar-refractivity contribution in [2.24, 2.45) is 0 Å². The Hall–Kier alpha value is -0.920. The van der Waals surface area contributed by atoms with Gasteiger partial charge in [-0.3, -0.25) is 4.79 Å². The van der Waals surface area contributed by atoms with Gasteiger partial charge in [0.25, 0.3) is 0 Å². The van der Waals surface area contributed by atoms with Crippen LogP contribution in [0.1, 0.15) is 38.5 Å². The summed E-state index contributed by atoms with van der Waals surface area (Å²) in [7, 11) is -3.86. The van der Waals surface area contributed by atoms with E-state index in [2.05, 4.69) is 20.7 Å². The Balaban J connectivity index is 2.33. The predicted molar refractivity (Wildman–Crippen MR) is 82.5 cm³/mol. The molecular weight excluding hydrogens is 358 g/mol. The normalized spacial score (nSPS) is 18.9. The zero-order valence-corrected chi connectivity index (χ0v) is 13.9. The number of aliphatic carboxylic acids is 1. The molecule has 1 fully saturated rings. The minimum absolute atomic E-state index is 0.0711. The maximum absolute atomic E-state index is 12.5. The minimum atomic E-state index is -3.86. The third-order valence-corrected chi connectivity index (χ3v) is 5.83. The number of carbonyl (C=O) groups is 1. The number of carboxylic acid groups (broad SMARTS) is 1. The molecule has 2 rings (SSSR count). The highest BCUT2D eigenvalue weighted by Crippen LogP contribution is 2.29. The number of rotatable bonds is 4. The van der Waals surface area contributed by atoms with Gasteiger partial charge in [-0.1, -0.05) is 47.7 Å². The summed E-state index contributed by atoms with van der Waals surface area (Å²) in [4.78, 5) is 11.7. The van der Waals surface area contributed by atoms with Crippen molar-refractivity contribution in [2.45, 2.75) is 49.0 Å². The summed E-state index contributed by atoms with van der Waals surface area (Å²) in [6.45, 7) is 0. The van der Waals surface area contributed by atoms with Gasteiger partial charge in [-0.15, -0.1) is 0 Å². The van der Waals surface area contributed by atoms with E-state index < -0.39 is 21.5 Å². The largest absolute Gasteiger partial charge is 0.480 e. The number of sulfonamides is 1. The van der Waals surface area contributed by atoms with Crippen LogP contribution < -0.4 is 4.72 Å². The molecule has 0 radical (unpaired) electrons. The molecule has 7 heteroatoms. The van der Waals surface area contributed by atoms with Gasteiger partial charge in [0.2, 0.25) is 10.0 Å². The van der Waals surface area contributed by atoms with Gasteiger partial charge in [0.1, 0.15) is 5.54 Å². The molecule has 0 atom stereocenters. The molecule has 1 aromatic carbocycles. The first-order valence-electron chi connectivity index (χ1n) is 6.89. The highest BCUT2D eigenvalue weighted by atomic mass is 79.9. The van der Waals surface area contributed by atoms with Crippen LogP contribution in [0.3, 0.4) is 0 Å². The monoisotopic (exact) mass is 375 g/mol. The van der Waals surface area contributed by atoms with Gasteiger partial charge in [0.15, 0.2) is 0 Å². The van der Waals surface area contributed by atoms with E-state index in [4.69, 9.17) is 0 Å². The highest BCUT2D eigenvalue weighted by molar-refractivity contribution is 9.10. The van der Waals surface area contributed by atoms with E-state index in [1.165, 1.54) is 12.1 Å². The molecule has 1 aliphatic carbocycles. The predicted octanol–water partition coefficient (Wildman–Crippen LogP) is 2.91. The third kappa shape index (κ3) is 3.84. The fraction of sp³-hybridized carbons (Fsp3) is 0.500. The summed E-state index contributed by atoms with van der Waals surface area (Å²) in [6.07, 6.45) is 3.97. The van der Waals surface area contributed by atoms with E-state index in [0.717, 1.165) is 12.8 Å². The Morgan fingerprint density at radius 3 is 2.33 bits per heavy atom.